The molecule has 0 atom stereocenters. The third-order valence-corrected chi connectivity index (χ3v) is 3.85. The van der Waals surface area contributed by atoms with E-state index in [9.17, 15) is 9.18 Å². The van der Waals surface area contributed by atoms with Crippen molar-refractivity contribution < 1.29 is 13.9 Å². The smallest absolute Gasteiger partial charge is 0.280 e. The molecule has 0 aliphatic heterocycles. The molecular weight excluding hydrogens is 321 g/mol. The average molecular weight is 339 g/mol. The number of hydrogen-bond acceptors (Lipinski definition) is 3. The van der Waals surface area contributed by atoms with Gasteiger partial charge in [0.1, 0.15) is 5.82 Å². The lowest BCUT2D eigenvalue weighted by molar-refractivity contribution is 0.101. The number of ether oxygens (including phenoxy) is 1. The van der Waals surface area contributed by atoms with Gasteiger partial charge in [-0.15, -0.1) is 0 Å². The van der Waals surface area contributed by atoms with Gasteiger partial charge >= 0.3 is 0 Å². The quantitative estimate of drug-likeness (QED) is 0.784. The lowest BCUT2D eigenvalue weighted by Gasteiger charge is -2.08. The zero-order valence-corrected chi connectivity index (χ0v) is 14.2. The first-order valence-electron chi connectivity index (χ1n) is 7.76. The highest BCUT2D eigenvalue weighted by Gasteiger charge is 2.19. The minimum atomic E-state index is -0.369. The van der Waals surface area contributed by atoms with E-state index in [0.717, 1.165) is 16.8 Å². The summed E-state index contributed by atoms with van der Waals surface area (Å²) in [5.74, 6) is -0.366. The van der Waals surface area contributed by atoms with E-state index < -0.39 is 0 Å². The van der Waals surface area contributed by atoms with Gasteiger partial charge in [-0.05, 0) is 55.3 Å². The van der Waals surface area contributed by atoms with Crippen LogP contribution in [0.3, 0.4) is 0 Å². The topological polar surface area (TPSA) is 56.2 Å². The maximum absolute atomic E-state index is 13.1. The summed E-state index contributed by atoms with van der Waals surface area (Å²) in [4.78, 5) is 12.6. The summed E-state index contributed by atoms with van der Waals surface area (Å²) >= 11 is 0. The van der Waals surface area contributed by atoms with Gasteiger partial charge in [0.2, 0.25) is 0 Å². The fourth-order valence-electron chi connectivity index (χ4n) is 2.44. The number of hydrogen-bond donors (Lipinski definition) is 1. The Labute approximate surface area is 145 Å². The van der Waals surface area contributed by atoms with E-state index in [0.29, 0.717) is 11.4 Å². The molecule has 25 heavy (non-hydrogen) atoms. The Morgan fingerprint density at radius 2 is 1.88 bits per heavy atom. The summed E-state index contributed by atoms with van der Waals surface area (Å²) in [6.45, 7) is 3.88. The third kappa shape index (κ3) is 3.52. The van der Waals surface area contributed by atoms with E-state index in [2.05, 4.69) is 10.4 Å². The first kappa shape index (κ1) is 16.7. The second kappa shape index (κ2) is 6.76. The minimum absolute atomic E-state index is 0.160. The van der Waals surface area contributed by atoms with Crippen molar-refractivity contribution >= 4 is 11.6 Å². The molecule has 1 N–H and O–H groups in total. The van der Waals surface area contributed by atoms with Crippen LogP contribution in [0.2, 0.25) is 0 Å². The monoisotopic (exact) mass is 339 g/mol. The van der Waals surface area contributed by atoms with E-state index in [1.807, 2.05) is 32.0 Å². The molecule has 0 unspecified atom stereocenters. The van der Waals surface area contributed by atoms with Crippen molar-refractivity contribution in [1.29, 1.82) is 0 Å². The van der Waals surface area contributed by atoms with Gasteiger partial charge in [0.25, 0.3) is 5.91 Å². The van der Waals surface area contributed by atoms with Crippen LogP contribution in [-0.4, -0.2) is 22.8 Å². The summed E-state index contributed by atoms with van der Waals surface area (Å²) in [7, 11) is 1.47. The molecule has 3 aromatic rings. The Morgan fingerprint density at radius 1 is 1.16 bits per heavy atom. The molecule has 0 spiro atoms. The molecule has 0 saturated heterocycles. The van der Waals surface area contributed by atoms with Crippen molar-refractivity contribution in [2.75, 3.05) is 12.4 Å². The van der Waals surface area contributed by atoms with Gasteiger partial charge < -0.3 is 10.1 Å². The number of benzene rings is 2. The van der Waals surface area contributed by atoms with E-state index in [1.165, 1.54) is 23.9 Å². The first-order valence-corrected chi connectivity index (χ1v) is 7.76. The zero-order chi connectivity index (χ0) is 18.0. The molecule has 0 aliphatic rings. The largest absolute Gasteiger partial charge is 0.493 e. The summed E-state index contributed by atoms with van der Waals surface area (Å²) < 4.78 is 19.8. The number of methoxy groups -OCH3 is 1. The maximum atomic E-state index is 13.1. The van der Waals surface area contributed by atoms with E-state index >= 15 is 0 Å². The molecule has 0 fully saturated rings. The molecule has 0 radical (unpaired) electrons. The lowest BCUT2D eigenvalue weighted by atomic mass is 10.1. The number of carbonyl (C=O) groups excluding carboxylic acids is 1. The molecule has 1 heterocycles. The van der Waals surface area contributed by atoms with Gasteiger partial charge in [-0.3, -0.25) is 4.79 Å². The van der Waals surface area contributed by atoms with Crippen molar-refractivity contribution in [3.63, 3.8) is 0 Å². The third-order valence-electron chi connectivity index (χ3n) is 3.85. The summed E-state index contributed by atoms with van der Waals surface area (Å²) in [6, 6.07) is 11.6. The Kier molecular flexibility index (Phi) is 4.52. The molecular formula is C19H18FN3O2. The Bertz CT molecular complexity index is 917. The van der Waals surface area contributed by atoms with Crippen LogP contribution in [0.4, 0.5) is 10.1 Å². The van der Waals surface area contributed by atoms with Gasteiger partial charge in [0, 0.05) is 5.69 Å². The fourth-order valence-corrected chi connectivity index (χ4v) is 2.44. The van der Waals surface area contributed by atoms with Crippen molar-refractivity contribution in [3.8, 4) is 11.4 Å². The molecule has 0 aliphatic carbocycles. The predicted octanol–water partition coefficient (Wildman–Crippen LogP) is 3.89. The van der Waals surface area contributed by atoms with Crippen molar-refractivity contribution in [2.45, 2.75) is 13.8 Å². The summed E-state index contributed by atoms with van der Waals surface area (Å²) in [5.41, 5.74) is 3.52. The van der Waals surface area contributed by atoms with Crippen LogP contribution < -0.4 is 10.1 Å². The van der Waals surface area contributed by atoms with E-state index in [-0.39, 0.29) is 17.4 Å². The Balaban J connectivity index is 1.92. The second-order valence-electron chi connectivity index (χ2n) is 5.74. The lowest BCUT2D eigenvalue weighted by Crippen LogP contribution is -2.15. The molecule has 3 rings (SSSR count). The van der Waals surface area contributed by atoms with Crippen LogP contribution in [0.15, 0.2) is 48.7 Å². The number of rotatable bonds is 4. The van der Waals surface area contributed by atoms with Crippen molar-refractivity contribution in [2.24, 2.45) is 0 Å². The van der Waals surface area contributed by atoms with Gasteiger partial charge in [-0.2, -0.15) is 5.10 Å². The zero-order valence-electron chi connectivity index (χ0n) is 14.2. The predicted molar refractivity (Wildman–Crippen MR) is 93.9 cm³/mol. The molecule has 5 nitrogen and oxygen atoms in total. The van der Waals surface area contributed by atoms with Crippen LogP contribution in [-0.2, 0) is 0 Å². The first-order chi connectivity index (χ1) is 12.0. The number of carbonyl (C=O) groups is 1. The van der Waals surface area contributed by atoms with Crippen LogP contribution in [0.1, 0.15) is 21.6 Å². The number of anilines is 1. The number of nitrogens with zero attached hydrogens (tertiary/aromatic N) is 2. The highest BCUT2D eigenvalue weighted by Crippen LogP contribution is 2.22. The summed E-state index contributed by atoms with van der Waals surface area (Å²) in [6.07, 6.45) is 1.59. The van der Waals surface area contributed by atoms with Gasteiger partial charge in [-0.1, -0.05) is 12.1 Å². The molecule has 1 amide bonds. The molecule has 0 saturated carbocycles. The van der Waals surface area contributed by atoms with Crippen LogP contribution in [0, 0.1) is 19.7 Å². The van der Waals surface area contributed by atoms with Crippen LogP contribution in [0.5, 0.6) is 5.75 Å². The summed E-state index contributed by atoms with van der Waals surface area (Å²) in [5, 5.41) is 7.15. The van der Waals surface area contributed by atoms with Crippen molar-refractivity contribution in [3.05, 3.63) is 71.3 Å². The number of halogens is 1. The molecule has 0 bridgehead atoms. The van der Waals surface area contributed by atoms with Crippen LogP contribution in [0.25, 0.3) is 5.69 Å². The van der Waals surface area contributed by atoms with E-state index in [1.54, 1.807) is 18.3 Å². The van der Waals surface area contributed by atoms with Gasteiger partial charge in [0.05, 0.1) is 19.0 Å². The minimum Gasteiger partial charge on any atom is -0.493 e. The number of nitrogens with one attached hydrogen (secondary N) is 1. The second-order valence-corrected chi connectivity index (χ2v) is 5.74. The Hall–Kier alpha value is -3.15. The highest BCUT2D eigenvalue weighted by atomic mass is 19.1. The Morgan fingerprint density at radius 3 is 2.56 bits per heavy atom. The standard InChI is InChI=1S/C19H18FN3O2/c1-12-4-5-13(2)16(10-12)21-19(24)18-17(25-3)11-23(22-18)15-8-6-14(20)7-9-15/h4-11H,1-3H3,(H,21,24). The highest BCUT2D eigenvalue weighted by molar-refractivity contribution is 6.05. The number of aryl methyl sites for hydroxylation is 2. The van der Waals surface area contributed by atoms with Gasteiger partial charge in [-0.25, -0.2) is 9.07 Å². The normalized spacial score (nSPS) is 10.6. The van der Waals surface area contributed by atoms with Crippen LogP contribution >= 0.6 is 0 Å². The molecule has 128 valence electrons. The van der Waals surface area contributed by atoms with E-state index in [4.69, 9.17) is 4.74 Å². The maximum Gasteiger partial charge on any atom is 0.280 e. The number of aromatic nitrogens is 2. The van der Waals surface area contributed by atoms with Crippen molar-refractivity contribution in [1.82, 2.24) is 9.78 Å². The molecule has 2 aromatic carbocycles. The average Bonchev–Trinajstić information content (AvgIpc) is 3.03. The molecule has 6 heteroatoms. The SMILES string of the molecule is COc1cn(-c2ccc(F)cc2)nc1C(=O)Nc1cc(C)ccc1C. The molecule has 1 aromatic heterocycles. The van der Waals surface area contributed by atoms with Gasteiger partial charge in [0.15, 0.2) is 11.4 Å². The number of amides is 1. The fraction of sp³-hybridized carbons (Fsp3) is 0.158.